The molecule has 0 saturated carbocycles. The maximum Gasteiger partial charge on any atom is 0.319 e. The third-order valence-electron chi connectivity index (χ3n) is 4.26. The summed E-state index contributed by atoms with van der Waals surface area (Å²) in [6.45, 7) is 6.53. The van der Waals surface area contributed by atoms with E-state index >= 15 is 0 Å². The first-order chi connectivity index (χ1) is 9.85. The Labute approximate surface area is 132 Å². The van der Waals surface area contributed by atoms with Crippen LogP contribution in [0.4, 0.5) is 4.79 Å². The number of piperidine rings is 1. The van der Waals surface area contributed by atoms with Crippen LogP contribution in [0.3, 0.4) is 0 Å². The van der Waals surface area contributed by atoms with Crippen molar-refractivity contribution in [1.29, 1.82) is 0 Å². The molecule has 0 aromatic carbocycles. The fraction of sp³-hybridized carbons (Fsp3) is 0.867. The van der Waals surface area contributed by atoms with E-state index in [0.29, 0.717) is 12.3 Å². The van der Waals surface area contributed by atoms with Gasteiger partial charge in [0, 0.05) is 45.9 Å². The molecule has 1 spiro atoms. The topological polar surface area (TPSA) is 43.9 Å². The Morgan fingerprint density at radius 1 is 1.19 bits per heavy atom. The molecule has 0 atom stereocenters. The zero-order valence-electron chi connectivity index (χ0n) is 13.6. The molecule has 0 aliphatic carbocycles. The summed E-state index contributed by atoms with van der Waals surface area (Å²) in [5, 5.41) is 0. The molecule has 120 valence electrons. The predicted molar refractivity (Wildman–Crippen MR) is 86.2 cm³/mol. The Hall–Kier alpha value is -0.910. The highest BCUT2D eigenvalue weighted by atomic mass is 32.2. The number of carbonyl (C=O) groups is 2. The van der Waals surface area contributed by atoms with Gasteiger partial charge in [-0.1, -0.05) is 13.8 Å². The van der Waals surface area contributed by atoms with Crippen LogP contribution >= 0.6 is 11.8 Å². The van der Waals surface area contributed by atoms with Crippen molar-refractivity contribution in [1.82, 2.24) is 14.7 Å². The minimum Gasteiger partial charge on any atom is -0.331 e. The molecule has 3 amide bonds. The van der Waals surface area contributed by atoms with Crippen molar-refractivity contribution < 1.29 is 9.59 Å². The van der Waals surface area contributed by atoms with Crippen LogP contribution in [0.2, 0.25) is 0 Å². The SMILES string of the molecule is CC(C)CC(=O)N1CCSC12CCN(C(=O)N(C)C)CC2. The number of hydrogen-bond acceptors (Lipinski definition) is 3. The van der Waals surface area contributed by atoms with Gasteiger partial charge in [-0.05, 0) is 18.8 Å². The molecular formula is C15H27N3O2S. The summed E-state index contributed by atoms with van der Waals surface area (Å²) in [5.41, 5.74) is 0. The second kappa shape index (κ2) is 6.46. The van der Waals surface area contributed by atoms with Crippen LogP contribution in [-0.2, 0) is 4.79 Å². The number of rotatable bonds is 2. The van der Waals surface area contributed by atoms with Gasteiger partial charge in [0.25, 0.3) is 0 Å². The van der Waals surface area contributed by atoms with Gasteiger partial charge in [-0.3, -0.25) is 4.79 Å². The van der Waals surface area contributed by atoms with Crippen LogP contribution in [0.25, 0.3) is 0 Å². The Morgan fingerprint density at radius 2 is 1.81 bits per heavy atom. The van der Waals surface area contributed by atoms with Gasteiger partial charge in [0.05, 0.1) is 4.87 Å². The fourth-order valence-electron chi connectivity index (χ4n) is 3.16. The smallest absolute Gasteiger partial charge is 0.319 e. The van der Waals surface area contributed by atoms with Gasteiger partial charge in [0.1, 0.15) is 0 Å². The molecule has 2 fully saturated rings. The van der Waals surface area contributed by atoms with Crippen LogP contribution in [0.5, 0.6) is 0 Å². The van der Waals surface area contributed by atoms with Crippen molar-refractivity contribution in [3.05, 3.63) is 0 Å². The van der Waals surface area contributed by atoms with Crippen molar-refractivity contribution >= 4 is 23.7 Å². The second-order valence-electron chi connectivity index (χ2n) is 6.60. The van der Waals surface area contributed by atoms with Crippen LogP contribution in [-0.4, -0.2) is 71.0 Å². The quantitative estimate of drug-likeness (QED) is 0.784. The summed E-state index contributed by atoms with van der Waals surface area (Å²) in [5.74, 6) is 1.70. The maximum atomic E-state index is 12.5. The molecule has 2 rings (SSSR count). The molecule has 0 bridgehead atoms. The van der Waals surface area contributed by atoms with E-state index in [1.807, 2.05) is 16.7 Å². The lowest BCUT2D eigenvalue weighted by Crippen LogP contribution is -2.55. The Balaban J connectivity index is 2.00. The summed E-state index contributed by atoms with van der Waals surface area (Å²) in [4.78, 5) is 30.1. The number of carbonyl (C=O) groups excluding carboxylic acids is 2. The van der Waals surface area contributed by atoms with Gasteiger partial charge >= 0.3 is 6.03 Å². The van der Waals surface area contributed by atoms with E-state index in [4.69, 9.17) is 0 Å². The largest absolute Gasteiger partial charge is 0.331 e. The summed E-state index contributed by atoms with van der Waals surface area (Å²) in [6.07, 6.45) is 2.41. The number of urea groups is 1. The standard InChI is InChI=1S/C15H27N3O2S/c1-12(2)11-13(19)18-9-10-21-15(18)5-7-17(8-6-15)14(20)16(3)4/h12H,5-11H2,1-4H3. The zero-order chi connectivity index (χ0) is 15.6. The molecule has 0 N–H and O–H groups in total. The normalized spacial score (nSPS) is 21.2. The van der Waals surface area contributed by atoms with Gasteiger partial charge in [0.2, 0.25) is 5.91 Å². The summed E-state index contributed by atoms with van der Waals surface area (Å²) in [7, 11) is 3.57. The van der Waals surface area contributed by atoms with Crippen LogP contribution in [0.15, 0.2) is 0 Å². The van der Waals surface area contributed by atoms with Gasteiger partial charge in [-0.25, -0.2) is 4.79 Å². The highest BCUT2D eigenvalue weighted by molar-refractivity contribution is 8.00. The van der Waals surface area contributed by atoms with E-state index in [1.165, 1.54) is 0 Å². The molecule has 0 unspecified atom stereocenters. The Morgan fingerprint density at radius 3 is 2.33 bits per heavy atom. The Bertz CT molecular complexity index is 404. The number of nitrogens with zero attached hydrogens (tertiary/aromatic N) is 3. The molecule has 2 aliphatic heterocycles. The average molecular weight is 313 g/mol. The second-order valence-corrected chi connectivity index (χ2v) is 8.06. The van der Waals surface area contributed by atoms with E-state index < -0.39 is 0 Å². The van der Waals surface area contributed by atoms with E-state index in [2.05, 4.69) is 18.7 Å². The number of amides is 3. The lowest BCUT2D eigenvalue weighted by atomic mass is 10.0. The van der Waals surface area contributed by atoms with Crippen molar-refractivity contribution in [2.75, 3.05) is 39.5 Å². The lowest BCUT2D eigenvalue weighted by Gasteiger charge is -2.44. The van der Waals surface area contributed by atoms with Crippen molar-refractivity contribution in [3.63, 3.8) is 0 Å². The highest BCUT2D eigenvalue weighted by Gasteiger charge is 2.46. The molecule has 0 aromatic rings. The summed E-state index contributed by atoms with van der Waals surface area (Å²) >= 11 is 1.90. The molecule has 2 saturated heterocycles. The predicted octanol–water partition coefficient (Wildman–Crippen LogP) is 2.08. The average Bonchev–Trinajstić information content (AvgIpc) is 2.81. The van der Waals surface area contributed by atoms with Gasteiger partial charge < -0.3 is 14.7 Å². The van der Waals surface area contributed by atoms with Crippen molar-refractivity contribution in [2.45, 2.75) is 38.0 Å². The Kier molecular flexibility index (Phi) is 5.07. The maximum absolute atomic E-state index is 12.5. The number of likely N-dealkylation sites (tertiary alicyclic amines) is 1. The van der Waals surface area contributed by atoms with Gasteiger partial charge in [-0.15, -0.1) is 11.8 Å². The minimum absolute atomic E-state index is 0.0605. The molecular weight excluding hydrogens is 286 g/mol. The van der Waals surface area contributed by atoms with Gasteiger partial charge in [-0.2, -0.15) is 0 Å². The number of thioether (sulfide) groups is 1. The molecule has 0 aromatic heterocycles. The van der Waals surface area contributed by atoms with Crippen LogP contribution < -0.4 is 0 Å². The zero-order valence-corrected chi connectivity index (χ0v) is 14.4. The van der Waals surface area contributed by atoms with Crippen LogP contribution in [0, 0.1) is 5.92 Å². The molecule has 6 heteroatoms. The van der Waals surface area contributed by atoms with E-state index in [0.717, 1.165) is 38.2 Å². The van der Waals surface area contributed by atoms with Crippen molar-refractivity contribution in [2.24, 2.45) is 5.92 Å². The van der Waals surface area contributed by atoms with E-state index in [9.17, 15) is 9.59 Å². The first-order valence-electron chi connectivity index (χ1n) is 7.76. The first-order valence-corrected chi connectivity index (χ1v) is 8.75. The van der Waals surface area contributed by atoms with E-state index in [-0.39, 0.29) is 16.8 Å². The van der Waals surface area contributed by atoms with Crippen molar-refractivity contribution in [3.8, 4) is 0 Å². The minimum atomic E-state index is -0.0605. The fourth-order valence-corrected chi connectivity index (χ4v) is 4.64. The molecule has 21 heavy (non-hydrogen) atoms. The highest BCUT2D eigenvalue weighted by Crippen LogP contribution is 2.44. The third-order valence-corrected chi connectivity index (χ3v) is 5.81. The number of hydrogen-bond donors (Lipinski definition) is 0. The molecule has 2 aliphatic rings. The third kappa shape index (κ3) is 3.47. The lowest BCUT2D eigenvalue weighted by molar-refractivity contribution is -0.135. The van der Waals surface area contributed by atoms with Gasteiger partial charge in [0.15, 0.2) is 0 Å². The van der Waals surface area contributed by atoms with Crippen LogP contribution in [0.1, 0.15) is 33.1 Å². The van der Waals surface area contributed by atoms with E-state index in [1.54, 1.807) is 19.0 Å². The monoisotopic (exact) mass is 313 g/mol. The first kappa shape index (κ1) is 16.5. The summed E-state index contributed by atoms with van der Waals surface area (Å²) < 4.78 is 0. The molecule has 2 heterocycles. The molecule has 5 nitrogen and oxygen atoms in total. The molecule has 0 radical (unpaired) electrons. The summed E-state index contributed by atoms with van der Waals surface area (Å²) in [6, 6.07) is 0.0768.